The molecule has 2 N–H and O–H groups in total. The van der Waals surface area contributed by atoms with Gasteiger partial charge in [0.1, 0.15) is 6.07 Å². The van der Waals surface area contributed by atoms with E-state index in [-0.39, 0.29) is 22.9 Å². The van der Waals surface area contributed by atoms with Gasteiger partial charge in [-0.1, -0.05) is 12.1 Å². The summed E-state index contributed by atoms with van der Waals surface area (Å²) in [7, 11) is -3.63. The van der Waals surface area contributed by atoms with Crippen molar-refractivity contribution in [2.75, 3.05) is 19.6 Å². The fourth-order valence-electron chi connectivity index (χ4n) is 2.41. The van der Waals surface area contributed by atoms with E-state index in [0.29, 0.717) is 18.0 Å². The molecule has 0 spiro atoms. The molecule has 1 aliphatic rings. The lowest BCUT2D eigenvalue weighted by Gasteiger charge is -2.23. The Kier molecular flexibility index (Phi) is 6.62. The van der Waals surface area contributed by atoms with Gasteiger partial charge in [0.05, 0.1) is 10.5 Å². The molecular formula is C14H20ClN3O2S. The van der Waals surface area contributed by atoms with Gasteiger partial charge in [0.15, 0.2) is 0 Å². The van der Waals surface area contributed by atoms with E-state index < -0.39 is 10.0 Å². The highest BCUT2D eigenvalue weighted by Gasteiger charge is 2.21. The minimum absolute atomic E-state index is 0. The lowest BCUT2D eigenvalue weighted by Crippen LogP contribution is -2.38. The average molecular weight is 330 g/mol. The number of halogens is 1. The first-order valence-electron chi connectivity index (χ1n) is 6.74. The Morgan fingerprint density at radius 2 is 2.24 bits per heavy atom. The van der Waals surface area contributed by atoms with Crippen LogP contribution in [0.3, 0.4) is 0 Å². The molecule has 1 atom stereocenters. The summed E-state index contributed by atoms with van der Waals surface area (Å²) in [6.45, 7) is 3.98. The van der Waals surface area contributed by atoms with Gasteiger partial charge in [-0.3, -0.25) is 0 Å². The van der Waals surface area contributed by atoms with E-state index in [9.17, 15) is 8.42 Å². The molecule has 0 saturated carbocycles. The van der Waals surface area contributed by atoms with Crippen LogP contribution in [0.5, 0.6) is 0 Å². The number of hydrogen-bond donors (Lipinski definition) is 2. The van der Waals surface area contributed by atoms with Crippen LogP contribution in [-0.4, -0.2) is 28.1 Å². The number of rotatable bonds is 4. The molecule has 0 radical (unpaired) electrons. The summed E-state index contributed by atoms with van der Waals surface area (Å²) in [5, 5.41) is 12.4. The quantitative estimate of drug-likeness (QED) is 0.878. The first kappa shape index (κ1) is 17.9. The molecule has 1 aliphatic heterocycles. The lowest BCUT2D eigenvalue weighted by molar-refractivity contribution is 0.376. The molecule has 1 aromatic rings. The van der Waals surface area contributed by atoms with Gasteiger partial charge in [0, 0.05) is 6.54 Å². The maximum absolute atomic E-state index is 12.3. The Bertz CT molecular complexity index is 620. The second-order valence-electron chi connectivity index (χ2n) is 5.12. The lowest BCUT2D eigenvalue weighted by atomic mass is 10.0. The Morgan fingerprint density at radius 3 is 2.86 bits per heavy atom. The largest absolute Gasteiger partial charge is 0.316 e. The van der Waals surface area contributed by atoms with Crippen LogP contribution >= 0.6 is 12.4 Å². The van der Waals surface area contributed by atoms with E-state index >= 15 is 0 Å². The summed E-state index contributed by atoms with van der Waals surface area (Å²) in [5.41, 5.74) is 0.900. The van der Waals surface area contributed by atoms with Crippen molar-refractivity contribution < 1.29 is 8.42 Å². The number of nitrogens with zero attached hydrogens (tertiary/aromatic N) is 1. The smallest absolute Gasteiger partial charge is 0.241 e. The SMILES string of the molecule is Cc1cccc(S(=O)(=O)NCC2CCCNC2)c1C#N.Cl. The number of nitrogens with one attached hydrogen (secondary N) is 2. The Hall–Kier alpha value is -1.13. The van der Waals surface area contributed by atoms with Crippen molar-refractivity contribution in [1.29, 1.82) is 5.26 Å². The van der Waals surface area contributed by atoms with E-state index in [4.69, 9.17) is 5.26 Å². The molecule has 0 bridgehead atoms. The summed E-state index contributed by atoms with van der Waals surface area (Å²) >= 11 is 0. The van der Waals surface area contributed by atoms with Crippen LogP contribution in [0.4, 0.5) is 0 Å². The van der Waals surface area contributed by atoms with E-state index in [0.717, 1.165) is 25.9 Å². The van der Waals surface area contributed by atoms with Gasteiger partial charge in [-0.15, -0.1) is 12.4 Å². The Labute approximate surface area is 132 Å². The van der Waals surface area contributed by atoms with Gasteiger partial charge < -0.3 is 5.32 Å². The maximum Gasteiger partial charge on any atom is 0.241 e. The third kappa shape index (κ3) is 4.42. The third-order valence-corrected chi connectivity index (χ3v) is 5.06. The van der Waals surface area contributed by atoms with Crippen LogP contribution in [0.2, 0.25) is 0 Å². The van der Waals surface area contributed by atoms with Crippen LogP contribution in [0.15, 0.2) is 23.1 Å². The Balaban J connectivity index is 0.00000220. The topological polar surface area (TPSA) is 82.0 Å². The first-order valence-corrected chi connectivity index (χ1v) is 8.23. The number of piperidine rings is 1. The van der Waals surface area contributed by atoms with E-state index in [2.05, 4.69) is 10.0 Å². The van der Waals surface area contributed by atoms with Gasteiger partial charge in [-0.25, -0.2) is 13.1 Å². The van der Waals surface area contributed by atoms with Gasteiger partial charge >= 0.3 is 0 Å². The van der Waals surface area contributed by atoms with Gasteiger partial charge in [0.2, 0.25) is 10.0 Å². The minimum atomic E-state index is -3.63. The monoisotopic (exact) mass is 329 g/mol. The third-order valence-electron chi connectivity index (χ3n) is 3.60. The molecule has 0 aliphatic carbocycles. The second kappa shape index (κ2) is 7.76. The zero-order valence-electron chi connectivity index (χ0n) is 11.9. The zero-order chi connectivity index (χ0) is 14.6. The van der Waals surface area contributed by atoms with Crippen LogP contribution in [-0.2, 0) is 10.0 Å². The van der Waals surface area contributed by atoms with Gasteiger partial charge in [-0.05, 0) is 50.4 Å². The summed E-state index contributed by atoms with van der Waals surface area (Å²) < 4.78 is 27.3. The molecule has 116 valence electrons. The molecular weight excluding hydrogens is 310 g/mol. The van der Waals surface area contributed by atoms with Crippen LogP contribution in [0, 0.1) is 24.2 Å². The van der Waals surface area contributed by atoms with Crippen molar-refractivity contribution in [3.05, 3.63) is 29.3 Å². The van der Waals surface area contributed by atoms with Crippen LogP contribution < -0.4 is 10.0 Å². The summed E-state index contributed by atoms with van der Waals surface area (Å²) in [4.78, 5) is 0.0729. The molecule has 0 amide bonds. The predicted octanol–water partition coefficient (Wildman–Crippen LogP) is 1.57. The number of hydrogen-bond acceptors (Lipinski definition) is 4. The first-order chi connectivity index (χ1) is 9.54. The van der Waals surface area contributed by atoms with Crippen LogP contribution in [0.1, 0.15) is 24.0 Å². The summed E-state index contributed by atoms with van der Waals surface area (Å²) in [5.74, 6) is 0.314. The fourth-order valence-corrected chi connectivity index (χ4v) is 3.76. The molecule has 1 fully saturated rings. The minimum Gasteiger partial charge on any atom is -0.316 e. The molecule has 1 heterocycles. The number of sulfonamides is 1. The van der Waals surface area contributed by atoms with Crippen molar-refractivity contribution in [3.8, 4) is 6.07 Å². The maximum atomic E-state index is 12.3. The van der Waals surface area contributed by atoms with Gasteiger partial charge in [-0.2, -0.15) is 5.26 Å². The normalized spacial score (nSPS) is 18.6. The molecule has 1 saturated heterocycles. The number of nitriles is 1. The predicted molar refractivity (Wildman–Crippen MR) is 83.9 cm³/mol. The molecule has 21 heavy (non-hydrogen) atoms. The van der Waals surface area contributed by atoms with Crippen molar-refractivity contribution >= 4 is 22.4 Å². The van der Waals surface area contributed by atoms with Gasteiger partial charge in [0.25, 0.3) is 0 Å². The van der Waals surface area contributed by atoms with Crippen molar-refractivity contribution in [1.82, 2.24) is 10.0 Å². The van der Waals surface area contributed by atoms with Crippen LogP contribution in [0.25, 0.3) is 0 Å². The molecule has 2 rings (SSSR count). The number of benzene rings is 1. The molecule has 0 aromatic heterocycles. The zero-order valence-corrected chi connectivity index (χ0v) is 13.6. The summed E-state index contributed by atoms with van der Waals surface area (Å²) in [6, 6.07) is 6.85. The molecule has 1 aromatic carbocycles. The standard InChI is InChI=1S/C14H19N3O2S.ClH/c1-11-4-2-6-14(13(11)8-15)20(18,19)17-10-12-5-3-7-16-9-12;/h2,4,6,12,16-17H,3,5,7,9-10H2,1H3;1H. The van der Waals surface area contributed by atoms with E-state index in [1.807, 2.05) is 6.07 Å². The number of aryl methyl sites for hydroxylation is 1. The van der Waals surface area contributed by atoms with Crippen molar-refractivity contribution in [3.63, 3.8) is 0 Å². The molecule has 1 unspecified atom stereocenters. The van der Waals surface area contributed by atoms with Crippen molar-refractivity contribution in [2.24, 2.45) is 5.92 Å². The fraction of sp³-hybridized carbons (Fsp3) is 0.500. The summed E-state index contributed by atoms with van der Waals surface area (Å²) in [6.07, 6.45) is 2.09. The second-order valence-corrected chi connectivity index (χ2v) is 6.86. The molecule has 7 heteroatoms. The molecule has 5 nitrogen and oxygen atoms in total. The van der Waals surface area contributed by atoms with E-state index in [1.54, 1.807) is 19.1 Å². The Morgan fingerprint density at radius 1 is 1.48 bits per heavy atom. The average Bonchev–Trinajstić information content (AvgIpc) is 2.46. The van der Waals surface area contributed by atoms with E-state index in [1.165, 1.54) is 6.07 Å². The van der Waals surface area contributed by atoms with Crippen molar-refractivity contribution in [2.45, 2.75) is 24.7 Å². The highest BCUT2D eigenvalue weighted by molar-refractivity contribution is 7.89. The highest BCUT2D eigenvalue weighted by Crippen LogP contribution is 2.19. The highest BCUT2D eigenvalue weighted by atomic mass is 35.5.